The fourth-order valence-corrected chi connectivity index (χ4v) is 2.32. The Hall–Kier alpha value is -0.930. The van der Waals surface area contributed by atoms with E-state index in [9.17, 15) is 5.11 Å². The molecule has 3 nitrogen and oxygen atoms in total. The van der Waals surface area contributed by atoms with Crippen molar-refractivity contribution in [2.24, 2.45) is 0 Å². The minimum Gasteiger partial charge on any atom is -0.503 e. The summed E-state index contributed by atoms with van der Waals surface area (Å²) in [6, 6.07) is 3.89. The molecule has 16 heavy (non-hydrogen) atoms. The van der Waals surface area contributed by atoms with Gasteiger partial charge in [-0.2, -0.15) is 0 Å². The number of ether oxygens (including phenoxy) is 1. The van der Waals surface area contributed by atoms with Gasteiger partial charge in [0.15, 0.2) is 11.5 Å². The smallest absolute Gasteiger partial charge is 0.177 e. The van der Waals surface area contributed by atoms with Crippen LogP contribution in [0.4, 0.5) is 0 Å². The van der Waals surface area contributed by atoms with Gasteiger partial charge in [-0.3, -0.25) is 0 Å². The molecular formula is C12H16ClNO2. The van der Waals surface area contributed by atoms with Crippen molar-refractivity contribution in [1.82, 2.24) is 5.32 Å². The molecule has 0 saturated carbocycles. The van der Waals surface area contributed by atoms with Gasteiger partial charge in [0.2, 0.25) is 0 Å². The molecule has 1 aromatic carbocycles. The van der Waals surface area contributed by atoms with E-state index < -0.39 is 0 Å². The number of aromatic hydroxyl groups is 1. The Kier molecular flexibility index (Phi) is 3.56. The van der Waals surface area contributed by atoms with Crippen LogP contribution in [0, 0.1) is 0 Å². The highest BCUT2D eigenvalue weighted by atomic mass is 35.5. The van der Waals surface area contributed by atoms with Crippen molar-refractivity contribution < 1.29 is 9.84 Å². The average Bonchev–Trinajstić information content (AvgIpc) is 2.33. The number of rotatable bonds is 2. The molecule has 1 saturated heterocycles. The summed E-state index contributed by atoms with van der Waals surface area (Å²) in [5, 5.41) is 13.6. The van der Waals surface area contributed by atoms with Crippen molar-refractivity contribution in [2.75, 3.05) is 13.7 Å². The molecule has 2 rings (SSSR count). The van der Waals surface area contributed by atoms with Crippen molar-refractivity contribution in [1.29, 1.82) is 0 Å². The van der Waals surface area contributed by atoms with E-state index in [0.29, 0.717) is 10.8 Å². The summed E-state index contributed by atoms with van der Waals surface area (Å²) >= 11 is 5.85. The van der Waals surface area contributed by atoms with Crippen molar-refractivity contribution in [2.45, 2.75) is 25.3 Å². The maximum atomic E-state index is 9.82. The van der Waals surface area contributed by atoms with Gasteiger partial charge in [0.05, 0.1) is 12.1 Å². The normalized spacial score (nSPS) is 20.8. The fraction of sp³-hybridized carbons (Fsp3) is 0.500. The third-order valence-electron chi connectivity index (χ3n) is 3.00. The van der Waals surface area contributed by atoms with Crippen LogP contribution in [0.5, 0.6) is 11.5 Å². The van der Waals surface area contributed by atoms with Crippen LogP contribution in [0.25, 0.3) is 0 Å². The summed E-state index contributed by atoms with van der Waals surface area (Å²) in [5.41, 5.74) is 0.990. The Balaban J connectivity index is 2.35. The third kappa shape index (κ3) is 2.11. The van der Waals surface area contributed by atoms with Crippen molar-refractivity contribution >= 4 is 11.6 Å². The first-order valence-electron chi connectivity index (χ1n) is 5.52. The fourth-order valence-electron chi connectivity index (χ4n) is 2.17. The predicted molar refractivity (Wildman–Crippen MR) is 64.3 cm³/mol. The molecule has 4 heteroatoms. The minimum absolute atomic E-state index is 0.0361. The van der Waals surface area contributed by atoms with Gasteiger partial charge in [-0.15, -0.1) is 0 Å². The number of piperidine rings is 1. The zero-order valence-electron chi connectivity index (χ0n) is 9.29. The molecule has 1 aliphatic rings. The molecule has 1 unspecified atom stereocenters. The second kappa shape index (κ2) is 4.93. The van der Waals surface area contributed by atoms with Gasteiger partial charge in [0.25, 0.3) is 0 Å². The molecule has 0 spiro atoms. The number of hydrogen-bond acceptors (Lipinski definition) is 3. The molecule has 1 heterocycles. The van der Waals surface area contributed by atoms with Crippen molar-refractivity contribution in [3.8, 4) is 11.5 Å². The lowest BCUT2D eigenvalue weighted by Crippen LogP contribution is -2.27. The maximum Gasteiger partial charge on any atom is 0.177 e. The van der Waals surface area contributed by atoms with E-state index in [1.165, 1.54) is 12.8 Å². The lowest BCUT2D eigenvalue weighted by Gasteiger charge is -2.25. The molecule has 88 valence electrons. The van der Waals surface area contributed by atoms with Gasteiger partial charge >= 0.3 is 0 Å². The van der Waals surface area contributed by atoms with Crippen LogP contribution in [0.15, 0.2) is 12.1 Å². The molecule has 0 radical (unpaired) electrons. The molecule has 1 aromatic rings. The Labute approximate surface area is 100 Å². The Morgan fingerprint density at radius 1 is 1.44 bits per heavy atom. The van der Waals surface area contributed by atoms with Gasteiger partial charge in [-0.1, -0.05) is 24.1 Å². The van der Waals surface area contributed by atoms with Crippen LogP contribution in [-0.4, -0.2) is 18.8 Å². The topological polar surface area (TPSA) is 41.5 Å². The number of benzene rings is 1. The molecule has 0 amide bonds. The highest BCUT2D eigenvalue weighted by Gasteiger charge is 2.21. The van der Waals surface area contributed by atoms with E-state index in [-0.39, 0.29) is 11.8 Å². The number of phenolic OH excluding ortho intramolecular Hbond substituents is 1. The highest BCUT2D eigenvalue weighted by Crippen LogP contribution is 2.41. The number of halogens is 1. The van der Waals surface area contributed by atoms with Gasteiger partial charge in [0, 0.05) is 11.6 Å². The quantitative estimate of drug-likeness (QED) is 0.837. The number of nitrogens with one attached hydrogen (secondary N) is 1. The Bertz CT molecular complexity index is 376. The molecule has 0 aliphatic carbocycles. The lowest BCUT2D eigenvalue weighted by atomic mass is 9.96. The van der Waals surface area contributed by atoms with Crippen LogP contribution in [0.3, 0.4) is 0 Å². The van der Waals surface area contributed by atoms with E-state index in [1.807, 2.05) is 6.07 Å². The van der Waals surface area contributed by atoms with Crippen LogP contribution >= 0.6 is 11.6 Å². The molecule has 0 bridgehead atoms. The maximum absolute atomic E-state index is 9.82. The molecular weight excluding hydrogens is 226 g/mol. The summed E-state index contributed by atoms with van der Waals surface area (Å²) in [6.07, 6.45) is 3.47. The monoisotopic (exact) mass is 241 g/mol. The Morgan fingerprint density at radius 2 is 2.25 bits per heavy atom. The predicted octanol–water partition coefficient (Wildman–Crippen LogP) is 2.87. The largest absolute Gasteiger partial charge is 0.503 e. The van der Waals surface area contributed by atoms with Gasteiger partial charge in [-0.25, -0.2) is 0 Å². The number of hydrogen-bond donors (Lipinski definition) is 2. The molecule has 1 aliphatic heterocycles. The summed E-state index contributed by atoms with van der Waals surface area (Å²) in [6.45, 7) is 1.01. The number of phenols is 1. The second-order valence-corrected chi connectivity index (χ2v) is 4.43. The third-order valence-corrected chi connectivity index (χ3v) is 3.31. The van der Waals surface area contributed by atoms with E-state index in [1.54, 1.807) is 13.2 Å². The van der Waals surface area contributed by atoms with Crippen molar-refractivity contribution in [3.05, 3.63) is 22.7 Å². The zero-order chi connectivity index (χ0) is 11.5. The van der Waals surface area contributed by atoms with Crippen LogP contribution in [0.2, 0.25) is 5.02 Å². The lowest BCUT2D eigenvalue weighted by molar-refractivity contribution is 0.349. The summed E-state index contributed by atoms with van der Waals surface area (Å²) in [7, 11) is 1.55. The van der Waals surface area contributed by atoms with Crippen molar-refractivity contribution in [3.63, 3.8) is 0 Å². The summed E-state index contributed by atoms with van der Waals surface area (Å²) in [5.74, 6) is 0.529. The SMILES string of the molecule is COc1c(C2CCCCN2)ccc(Cl)c1O. The average molecular weight is 242 g/mol. The van der Waals surface area contributed by atoms with Gasteiger partial charge in [-0.05, 0) is 25.5 Å². The standard InChI is InChI=1S/C12H16ClNO2/c1-16-12-8(5-6-9(13)11(12)15)10-4-2-3-7-14-10/h5-6,10,14-15H,2-4,7H2,1H3. The molecule has 1 fully saturated rings. The first-order valence-corrected chi connectivity index (χ1v) is 5.90. The van der Waals surface area contributed by atoms with Crippen LogP contribution in [0.1, 0.15) is 30.9 Å². The summed E-state index contributed by atoms with van der Waals surface area (Å²) < 4.78 is 5.24. The minimum atomic E-state index is 0.0361. The van der Waals surface area contributed by atoms with E-state index in [4.69, 9.17) is 16.3 Å². The van der Waals surface area contributed by atoms with Crippen LogP contribution < -0.4 is 10.1 Å². The van der Waals surface area contributed by atoms with Gasteiger partial charge in [0.1, 0.15) is 0 Å². The van der Waals surface area contributed by atoms with Crippen LogP contribution in [-0.2, 0) is 0 Å². The van der Waals surface area contributed by atoms with Gasteiger partial charge < -0.3 is 15.2 Å². The molecule has 2 N–H and O–H groups in total. The van der Waals surface area contributed by atoms with E-state index >= 15 is 0 Å². The Morgan fingerprint density at radius 3 is 2.88 bits per heavy atom. The first kappa shape index (κ1) is 11.6. The highest BCUT2D eigenvalue weighted by molar-refractivity contribution is 6.32. The molecule has 1 atom stereocenters. The second-order valence-electron chi connectivity index (χ2n) is 4.02. The van der Waals surface area contributed by atoms with E-state index in [2.05, 4.69) is 5.32 Å². The summed E-state index contributed by atoms with van der Waals surface area (Å²) in [4.78, 5) is 0. The molecule has 0 aromatic heterocycles. The van der Waals surface area contributed by atoms with E-state index in [0.717, 1.165) is 18.5 Å². The number of methoxy groups -OCH3 is 1. The zero-order valence-corrected chi connectivity index (χ0v) is 10.0. The first-order chi connectivity index (χ1) is 7.74.